The second-order valence-corrected chi connectivity index (χ2v) is 8.44. The van der Waals surface area contributed by atoms with Crippen molar-refractivity contribution in [1.29, 1.82) is 0 Å². The smallest absolute Gasteiger partial charge is 0.409 e. The highest BCUT2D eigenvalue weighted by Crippen LogP contribution is 2.33. The first-order chi connectivity index (χ1) is 17.0. The van der Waals surface area contributed by atoms with E-state index in [1.165, 1.54) is 19.2 Å². The molecule has 0 spiro atoms. The first kappa shape index (κ1) is 24.4. The van der Waals surface area contributed by atoms with Gasteiger partial charge in [-0.05, 0) is 42.8 Å². The van der Waals surface area contributed by atoms with E-state index in [9.17, 15) is 14.0 Å². The van der Waals surface area contributed by atoms with Crippen LogP contribution in [0.3, 0.4) is 0 Å². The first-order valence-electron chi connectivity index (χ1n) is 11.1. The fourth-order valence-corrected chi connectivity index (χ4v) is 4.17. The Morgan fingerprint density at radius 3 is 2.43 bits per heavy atom. The van der Waals surface area contributed by atoms with Crippen molar-refractivity contribution >= 4 is 23.5 Å². The van der Waals surface area contributed by atoms with E-state index in [0.29, 0.717) is 67.3 Å². The van der Waals surface area contributed by atoms with Crippen LogP contribution < -0.4 is 9.47 Å². The number of nitrogens with zero attached hydrogens (tertiary/aromatic N) is 4. The molecule has 1 aliphatic heterocycles. The number of piperazine rings is 1. The van der Waals surface area contributed by atoms with Crippen molar-refractivity contribution in [2.75, 3.05) is 39.9 Å². The lowest BCUT2D eigenvalue weighted by Gasteiger charge is -2.34. The van der Waals surface area contributed by atoms with Gasteiger partial charge in [0.25, 0.3) is 11.1 Å². The molecule has 11 heteroatoms. The SMILES string of the molecule is CCOC(=O)N1CCN(C(=O)c2ccc(Oc3nc(Cc4ccc(F)cc4)ns3)c(OC)c2)CC1. The van der Waals surface area contributed by atoms with E-state index in [1.807, 2.05) is 0 Å². The zero-order valence-corrected chi connectivity index (χ0v) is 20.2. The third-order valence-corrected chi connectivity index (χ3v) is 6.06. The largest absolute Gasteiger partial charge is 0.493 e. The minimum Gasteiger partial charge on any atom is -0.493 e. The molecule has 184 valence electrons. The van der Waals surface area contributed by atoms with Crippen molar-refractivity contribution in [3.8, 4) is 16.7 Å². The molecule has 2 heterocycles. The van der Waals surface area contributed by atoms with Crippen LogP contribution >= 0.6 is 11.5 Å². The summed E-state index contributed by atoms with van der Waals surface area (Å²) >= 11 is 1.09. The fourth-order valence-electron chi connectivity index (χ4n) is 3.60. The van der Waals surface area contributed by atoms with Crippen LogP contribution in [-0.4, -0.2) is 71.1 Å². The molecule has 9 nitrogen and oxygen atoms in total. The average molecular weight is 501 g/mol. The van der Waals surface area contributed by atoms with E-state index >= 15 is 0 Å². The number of hydrogen-bond acceptors (Lipinski definition) is 8. The standard InChI is InChI=1S/C24H25FN4O5S/c1-3-33-24(31)29-12-10-28(11-13-29)22(30)17-6-9-19(20(15-17)32-2)34-23-26-21(27-35-23)14-16-4-7-18(25)8-5-16/h4-9,15H,3,10-14H2,1-2H3. The van der Waals surface area contributed by atoms with Gasteiger partial charge in [0, 0.05) is 49.7 Å². The molecule has 4 rings (SSSR count). The molecule has 3 aromatic rings. The number of aromatic nitrogens is 2. The quantitative estimate of drug-likeness (QED) is 0.484. The second-order valence-electron chi connectivity index (χ2n) is 7.73. The highest BCUT2D eigenvalue weighted by Gasteiger charge is 2.26. The Bertz CT molecular complexity index is 1180. The second kappa shape index (κ2) is 11.1. The van der Waals surface area contributed by atoms with Crippen LogP contribution in [-0.2, 0) is 11.2 Å². The number of halogens is 1. The van der Waals surface area contributed by atoms with Gasteiger partial charge in [0.05, 0.1) is 13.7 Å². The number of carbonyl (C=O) groups excluding carboxylic acids is 2. The summed E-state index contributed by atoms with van der Waals surface area (Å²) in [7, 11) is 1.49. The van der Waals surface area contributed by atoms with Crippen LogP contribution in [0.25, 0.3) is 0 Å². The molecule has 1 fully saturated rings. The summed E-state index contributed by atoms with van der Waals surface area (Å²) in [5.41, 5.74) is 1.34. The molecule has 2 amide bonds. The van der Waals surface area contributed by atoms with Gasteiger partial charge in [-0.3, -0.25) is 4.79 Å². The van der Waals surface area contributed by atoms with Gasteiger partial charge >= 0.3 is 6.09 Å². The zero-order valence-electron chi connectivity index (χ0n) is 19.4. The molecule has 0 N–H and O–H groups in total. The van der Waals surface area contributed by atoms with Crippen molar-refractivity contribution < 1.29 is 28.2 Å². The molecule has 0 radical (unpaired) electrons. The maximum Gasteiger partial charge on any atom is 0.409 e. The van der Waals surface area contributed by atoms with Gasteiger partial charge in [-0.25, -0.2) is 9.18 Å². The van der Waals surface area contributed by atoms with Crippen molar-refractivity contribution in [3.63, 3.8) is 0 Å². The van der Waals surface area contributed by atoms with Crippen LogP contribution in [0.2, 0.25) is 0 Å². The summed E-state index contributed by atoms with van der Waals surface area (Å²) < 4.78 is 33.7. The minimum absolute atomic E-state index is 0.157. The lowest BCUT2D eigenvalue weighted by atomic mass is 10.1. The number of amides is 2. The Morgan fingerprint density at radius 1 is 1.03 bits per heavy atom. The van der Waals surface area contributed by atoms with Gasteiger partial charge in [0.2, 0.25) is 0 Å². The third-order valence-electron chi connectivity index (χ3n) is 5.43. The van der Waals surface area contributed by atoms with Crippen molar-refractivity contribution in [2.24, 2.45) is 0 Å². The maximum atomic E-state index is 13.1. The first-order valence-corrected chi connectivity index (χ1v) is 11.9. The van der Waals surface area contributed by atoms with E-state index in [-0.39, 0.29) is 17.8 Å². The van der Waals surface area contributed by atoms with E-state index < -0.39 is 0 Å². The number of ether oxygens (including phenoxy) is 3. The lowest BCUT2D eigenvalue weighted by molar-refractivity contribution is 0.0570. The molecular formula is C24H25FN4O5S. The summed E-state index contributed by atoms with van der Waals surface area (Å²) in [5.74, 6) is 0.897. The van der Waals surface area contributed by atoms with Crippen LogP contribution in [0.4, 0.5) is 9.18 Å². The predicted octanol–water partition coefficient (Wildman–Crippen LogP) is 3.98. The fraction of sp³-hybridized carbons (Fsp3) is 0.333. The number of benzene rings is 2. The third kappa shape index (κ3) is 6.04. The summed E-state index contributed by atoms with van der Waals surface area (Å²) in [6, 6.07) is 11.1. The summed E-state index contributed by atoms with van der Waals surface area (Å²) in [6.07, 6.45) is 0.0917. The number of carbonyl (C=O) groups is 2. The molecule has 0 aliphatic carbocycles. The van der Waals surface area contributed by atoms with Crippen LogP contribution in [0.5, 0.6) is 16.7 Å². The molecule has 2 aromatic carbocycles. The van der Waals surface area contributed by atoms with Crippen LogP contribution in [0, 0.1) is 5.82 Å². The van der Waals surface area contributed by atoms with E-state index in [2.05, 4.69) is 9.36 Å². The number of rotatable bonds is 7. The van der Waals surface area contributed by atoms with E-state index in [0.717, 1.165) is 17.1 Å². The monoisotopic (exact) mass is 500 g/mol. The molecule has 1 aromatic heterocycles. The molecule has 0 saturated carbocycles. The molecule has 0 bridgehead atoms. The highest BCUT2D eigenvalue weighted by atomic mass is 32.1. The lowest BCUT2D eigenvalue weighted by Crippen LogP contribution is -2.50. The van der Waals surface area contributed by atoms with Crippen molar-refractivity contribution in [2.45, 2.75) is 13.3 Å². The van der Waals surface area contributed by atoms with E-state index in [1.54, 1.807) is 47.1 Å². The van der Waals surface area contributed by atoms with Gasteiger partial charge in [-0.2, -0.15) is 9.36 Å². The molecule has 1 saturated heterocycles. The molecule has 0 unspecified atom stereocenters. The average Bonchev–Trinajstić information content (AvgIpc) is 3.32. The Balaban J connectivity index is 1.39. The zero-order chi connectivity index (χ0) is 24.8. The Labute approximate surface area is 206 Å². The predicted molar refractivity (Wildman–Crippen MR) is 127 cm³/mol. The van der Waals surface area contributed by atoms with Gasteiger partial charge in [0.15, 0.2) is 17.3 Å². The van der Waals surface area contributed by atoms with Crippen molar-refractivity contribution in [1.82, 2.24) is 19.2 Å². The summed E-state index contributed by atoms with van der Waals surface area (Å²) in [4.78, 5) is 32.5. The maximum absolute atomic E-state index is 13.1. The van der Waals surface area contributed by atoms with Gasteiger partial charge < -0.3 is 24.0 Å². The Morgan fingerprint density at radius 2 is 1.74 bits per heavy atom. The van der Waals surface area contributed by atoms with Crippen molar-refractivity contribution in [3.05, 3.63) is 65.2 Å². The van der Waals surface area contributed by atoms with Gasteiger partial charge in [-0.15, -0.1) is 0 Å². The number of methoxy groups -OCH3 is 1. The normalized spacial score (nSPS) is 13.5. The molecule has 1 aliphatic rings. The number of hydrogen-bond donors (Lipinski definition) is 0. The molecule has 35 heavy (non-hydrogen) atoms. The summed E-state index contributed by atoms with van der Waals surface area (Å²) in [5, 5.41) is 0.328. The van der Waals surface area contributed by atoms with Gasteiger partial charge in [-0.1, -0.05) is 12.1 Å². The topological polar surface area (TPSA) is 94.1 Å². The van der Waals surface area contributed by atoms with E-state index in [4.69, 9.17) is 14.2 Å². The van der Waals surface area contributed by atoms with Crippen LogP contribution in [0.1, 0.15) is 28.7 Å². The minimum atomic E-state index is -0.361. The Hall–Kier alpha value is -3.73. The summed E-state index contributed by atoms with van der Waals surface area (Å²) in [6.45, 7) is 3.75. The van der Waals surface area contributed by atoms with Crippen LogP contribution in [0.15, 0.2) is 42.5 Å². The Kier molecular flexibility index (Phi) is 7.76. The molecule has 0 atom stereocenters. The molecular weight excluding hydrogens is 475 g/mol. The van der Waals surface area contributed by atoms with Gasteiger partial charge in [0.1, 0.15) is 5.82 Å². The highest BCUT2D eigenvalue weighted by molar-refractivity contribution is 7.07.